The van der Waals surface area contributed by atoms with Crippen molar-refractivity contribution in [1.82, 2.24) is 5.43 Å². The van der Waals surface area contributed by atoms with Gasteiger partial charge in [0.05, 0.1) is 5.69 Å². The zero-order chi connectivity index (χ0) is 19.0. The summed E-state index contributed by atoms with van der Waals surface area (Å²) in [5.41, 5.74) is 2.17. The predicted molar refractivity (Wildman–Crippen MR) is 77.9 cm³/mol. The number of hydrogen-bond acceptors (Lipinski definition) is 4. The van der Waals surface area contributed by atoms with Crippen LogP contribution in [0.5, 0.6) is 5.75 Å². The largest absolute Gasteiger partial charge is 0.482 e. The Morgan fingerprint density at radius 3 is 2.27 bits per heavy atom. The molecule has 1 aliphatic rings. The summed E-state index contributed by atoms with van der Waals surface area (Å²) in [7, 11) is 0. The number of hydrazine groups is 1. The van der Waals surface area contributed by atoms with Crippen LogP contribution in [0.4, 0.5) is 33.3 Å². The van der Waals surface area contributed by atoms with Gasteiger partial charge in [0.2, 0.25) is 5.82 Å². The molecule has 6 nitrogen and oxygen atoms in total. The molecule has 0 unspecified atom stereocenters. The maximum atomic E-state index is 13.5. The number of benzene rings is 2. The van der Waals surface area contributed by atoms with Gasteiger partial charge in [0, 0.05) is 5.56 Å². The van der Waals surface area contributed by atoms with Crippen molar-refractivity contribution in [3.8, 4) is 5.75 Å². The first-order chi connectivity index (χ1) is 12.3. The van der Waals surface area contributed by atoms with Crippen LogP contribution in [0.2, 0.25) is 0 Å². The summed E-state index contributed by atoms with van der Waals surface area (Å²) in [6.07, 6.45) is 0. The van der Waals surface area contributed by atoms with Gasteiger partial charge in [-0.2, -0.15) is 0 Å². The van der Waals surface area contributed by atoms with Crippen molar-refractivity contribution >= 4 is 23.2 Å². The van der Waals surface area contributed by atoms with Crippen molar-refractivity contribution in [3.63, 3.8) is 0 Å². The Labute approximate surface area is 141 Å². The highest BCUT2D eigenvalue weighted by atomic mass is 19.2. The van der Waals surface area contributed by atoms with Crippen LogP contribution >= 0.6 is 0 Å². The van der Waals surface area contributed by atoms with E-state index in [9.17, 15) is 31.5 Å². The van der Waals surface area contributed by atoms with Gasteiger partial charge in [-0.1, -0.05) is 0 Å². The van der Waals surface area contributed by atoms with Gasteiger partial charge in [-0.05, 0) is 18.2 Å². The van der Waals surface area contributed by atoms with Gasteiger partial charge < -0.3 is 10.1 Å². The van der Waals surface area contributed by atoms with E-state index in [-0.39, 0.29) is 17.9 Å². The minimum atomic E-state index is -2.32. The molecule has 1 aliphatic heterocycles. The predicted octanol–water partition coefficient (Wildman–Crippen LogP) is 2.47. The number of rotatable bonds is 3. The molecule has 0 spiro atoms. The third-order valence-corrected chi connectivity index (χ3v) is 3.39. The fraction of sp³-hybridized carbons (Fsp3) is 0.0667. The molecule has 0 atom stereocenters. The van der Waals surface area contributed by atoms with E-state index in [1.807, 2.05) is 5.43 Å². The first-order valence-electron chi connectivity index (χ1n) is 6.94. The summed E-state index contributed by atoms with van der Waals surface area (Å²) < 4.78 is 71.3. The number of halogens is 5. The highest BCUT2D eigenvalue weighted by Crippen LogP contribution is 2.29. The molecule has 2 aromatic carbocycles. The van der Waals surface area contributed by atoms with E-state index >= 15 is 0 Å². The van der Waals surface area contributed by atoms with Crippen molar-refractivity contribution in [2.24, 2.45) is 0 Å². The molecule has 0 saturated carbocycles. The molecule has 1 heterocycles. The fourth-order valence-electron chi connectivity index (χ4n) is 2.13. The van der Waals surface area contributed by atoms with E-state index in [1.54, 1.807) is 5.43 Å². The normalized spacial score (nSPS) is 12.7. The molecule has 0 radical (unpaired) electrons. The number of fused-ring (bicyclic) bond motifs is 1. The van der Waals surface area contributed by atoms with Gasteiger partial charge in [-0.3, -0.25) is 20.4 Å². The molecule has 0 bridgehead atoms. The smallest absolute Gasteiger partial charge is 0.269 e. The molecule has 11 heteroatoms. The van der Waals surface area contributed by atoms with Crippen LogP contribution in [0.25, 0.3) is 0 Å². The summed E-state index contributed by atoms with van der Waals surface area (Å²) >= 11 is 0. The zero-order valence-electron chi connectivity index (χ0n) is 12.6. The third kappa shape index (κ3) is 2.98. The van der Waals surface area contributed by atoms with Gasteiger partial charge in [0.15, 0.2) is 29.9 Å². The van der Waals surface area contributed by atoms with E-state index in [0.717, 1.165) is 0 Å². The molecule has 2 aromatic rings. The second-order valence-electron chi connectivity index (χ2n) is 5.07. The van der Waals surface area contributed by atoms with Crippen LogP contribution in [0.15, 0.2) is 18.2 Å². The Morgan fingerprint density at radius 1 is 1.00 bits per heavy atom. The van der Waals surface area contributed by atoms with Gasteiger partial charge in [-0.25, -0.2) is 22.0 Å². The molecule has 3 N–H and O–H groups in total. The molecular weight excluding hydrogens is 365 g/mol. The number of carbonyl (C=O) groups is 2. The Balaban J connectivity index is 1.80. The molecule has 0 aliphatic carbocycles. The Bertz CT molecular complexity index is 906. The van der Waals surface area contributed by atoms with Crippen LogP contribution in [0.1, 0.15) is 10.4 Å². The minimum absolute atomic E-state index is 0.0779. The standard InChI is InChI=1S/C15H8F5N3O3/c16-9-10(17)12(19)14(13(20)11(9)18)22-23-15(25)5-1-2-7-6(3-5)21-8(24)4-26-7/h1-3,22H,4H2,(H,21,24)(H,23,25). The summed E-state index contributed by atoms with van der Waals surface area (Å²) in [4.78, 5) is 23.3. The minimum Gasteiger partial charge on any atom is -0.482 e. The molecule has 2 amide bonds. The number of anilines is 2. The van der Waals surface area contributed by atoms with Crippen molar-refractivity contribution < 1.29 is 36.3 Å². The van der Waals surface area contributed by atoms with Crippen LogP contribution in [-0.2, 0) is 4.79 Å². The second kappa shape index (κ2) is 6.50. The molecule has 0 fully saturated rings. The summed E-state index contributed by atoms with van der Waals surface area (Å²) in [5, 5.41) is 2.44. The molecule has 136 valence electrons. The van der Waals surface area contributed by atoms with Gasteiger partial charge in [0.25, 0.3) is 11.8 Å². The Morgan fingerprint density at radius 2 is 1.62 bits per heavy atom. The lowest BCUT2D eigenvalue weighted by Crippen LogP contribution is -2.31. The molecule has 0 aromatic heterocycles. The lowest BCUT2D eigenvalue weighted by molar-refractivity contribution is -0.118. The highest BCUT2D eigenvalue weighted by Gasteiger charge is 2.26. The summed E-state index contributed by atoms with van der Waals surface area (Å²) in [6, 6.07) is 3.84. The quantitative estimate of drug-likeness (QED) is 0.334. The number of ether oxygens (including phenoxy) is 1. The van der Waals surface area contributed by atoms with Gasteiger partial charge in [-0.15, -0.1) is 0 Å². The average Bonchev–Trinajstić information content (AvgIpc) is 2.64. The Hall–Kier alpha value is -3.37. The summed E-state index contributed by atoms with van der Waals surface area (Å²) in [6.45, 7) is -0.194. The number of nitrogens with one attached hydrogen (secondary N) is 3. The maximum Gasteiger partial charge on any atom is 0.269 e. The van der Waals surface area contributed by atoms with Gasteiger partial charge >= 0.3 is 0 Å². The first-order valence-corrected chi connectivity index (χ1v) is 6.94. The lowest BCUT2D eigenvalue weighted by Gasteiger charge is -2.18. The average molecular weight is 373 g/mol. The van der Waals surface area contributed by atoms with Crippen LogP contribution < -0.4 is 20.9 Å². The fourth-order valence-corrected chi connectivity index (χ4v) is 2.13. The maximum absolute atomic E-state index is 13.5. The van der Waals surface area contributed by atoms with E-state index in [2.05, 4.69) is 5.32 Å². The first kappa shape index (κ1) is 17.5. The molecule has 3 rings (SSSR count). The van der Waals surface area contributed by atoms with Crippen molar-refractivity contribution in [1.29, 1.82) is 0 Å². The van der Waals surface area contributed by atoms with Crippen LogP contribution in [-0.4, -0.2) is 18.4 Å². The SMILES string of the molecule is O=C1COc2ccc(C(=O)NNc3c(F)c(F)c(F)c(F)c3F)cc2N1. The third-order valence-electron chi connectivity index (χ3n) is 3.39. The Kier molecular flexibility index (Phi) is 4.36. The second-order valence-corrected chi connectivity index (χ2v) is 5.07. The topological polar surface area (TPSA) is 79.5 Å². The van der Waals surface area contributed by atoms with E-state index in [1.165, 1.54) is 18.2 Å². The van der Waals surface area contributed by atoms with E-state index in [4.69, 9.17) is 4.74 Å². The molecular formula is C15H8F5N3O3. The molecule has 0 saturated heterocycles. The zero-order valence-corrected chi connectivity index (χ0v) is 12.6. The van der Waals surface area contributed by atoms with Crippen molar-refractivity contribution in [3.05, 3.63) is 52.8 Å². The van der Waals surface area contributed by atoms with Crippen molar-refractivity contribution in [2.45, 2.75) is 0 Å². The van der Waals surface area contributed by atoms with E-state index < -0.39 is 46.6 Å². The highest BCUT2D eigenvalue weighted by molar-refractivity contribution is 6.00. The lowest BCUT2D eigenvalue weighted by atomic mass is 10.1. The number of hydrogen-bond donors (Lipinski definition) is 3. The monoisotopic (exact) mass is 373 g/mol. The van der Waals surface area contributed by atoms with Gasteiger partial charge in [0.1, 0.15) is 11.4 Å². The van der Waals surface area contributed by atoms with Crippen LogP contribution in [0, 0.1) is 29.1 Å². The molecule has 26 heavy (non-hydrogen) atoms. The number of amides is 2. The van der Waals surface area contributed by atoms with Crippen molar-refractivity contribution in [2.75, 3.05) is 17.3 Å². The van der Waals surface area contributed by atoms with E-state index in [0.29, 0.717) is 5.75 Å². The summed E-state index contributed by atoms with van der Waals surface area (Å²) in [5.74, 6) is -12.0. The van der Waals surface area contributed by atoms with Crippen LogP contribution in [0.3, 0.4) is 0 Å². The number of carbonyl (C=O) groups excluding carboxylic acids is 2.